The monoisotopic (exact) mass is 342 g/mol. The Morgan fingerprint density at radius 3 is 2.80 bits per heavy atom. The number of nitrogens with zero attached hydrogens (tertiary/aromatic N) is 3. The van der Waals surface area contributed by atoms with Crippen LogP contribution in [0.2, 0.25) is 0 Å². The van der Waals surface area contributed by atoms with Crippen LogP contribution in [0.1, 0.15) is 12.0 Å². The van der Waals surface area contributed by atoms with Crippen LogP contribution in [-0.2, 0) is 23.0 Å². The zero-order valence-electron chi connectivity index (χ0n) is 14.9. The van der Waals surface area contributed by atoms with Crippen LogP contribution >= 0.6 is 0 Å². The molecule has 0 bridgehead atoms. The Kier molecular flexibility index (Phi) is 5.83. The number of nitrogens with one attached hydrogen (secondary N) is 1. The molecule has 1 aliphatic rings. The Balaban J connectivity index is 1.56. The quantitative estimate of drug-likeness (QED) is 0.872. The van der Waals surface area contributed by atoms with Gasteiger partial charge in [0.25, 0.3) is 0 Å². The van der Waals surface area contributed by atoms with Gasteiger partial charge in [-0.25, -0.2) is 0 Å². The smallest absolute Gasteiger partial charge is 0.239 e. The largest absolute Gasteiger partial charge is 0.381 e. The van der Waals surface area contributed by atoms with Crippen LogP contribution < -0.4 is 5.32 Å². The molecule has 0 aliphatic carbocycles. The standard InChI is InChI=1S/C19H26N4O2/c1-22-10-9-18(21-22)20-19(24)14-23-11-8-17(25-2)16(13-23)12-15-6-4-3-5-7-15/h3-7,9-10,16-17H,8,11-14H2,1-2H3,(H,20,21,24)/t16-,17-/m1/s1. The molecular weight excluding hydrogens is 316 g/mol. The molecule has 1 saturated heterocycles. The number of methoxy groups -OCH3 is 1. The number of hydrogen-bond donors (Lipinski definition) is 1. The highest BCUT2D eigenvalue weighted by Crippen LogP contribution is 2.23. The summed E-state index contributed by atoms with van der Waals surface area (Å²) in [6.45, 7) is 2.13. The van der Waals surface area contributed by atoms with Gasteiger partial charge in [0.2, 0.25) is 5.91 Å². The molecule has 1 amide bonds. The number of hydrogen-bond acceptors (Lipinski definition) is 4. The summed E-state index contributed by atoms with van der Waals surface area (Å²) in [5.41, 5.74) is 1.31. The van der Waals surface area contributed by atoms with Crippen molar-refractivity contribution in [2.75, 3.05) is 32.1 Å². The minimum Gasteiger partial charge on any atom is -0.381 e. The minimum absolute atomic E-state index is 0.0203. The number of aromatic nitrogens is 2. The summed E-state index contributed by atoms with van der Waals surface area (Å²) in [6.07, 6.45) is 3.98. The lowest BCUT2D eigenvalue weighted by atomic mass is 9.88. The molecular formula is C19H26N4O2. The summed E-state index contributed by atoms with van der Waals surface area (Å²) in [4.78, 5) is 14.5. The molecule has 6 heteroatoms. The van der Waals surface area contributed by atoms with Crippen LogP contribution in [0.3, 0.4) is 0 Å². The fraction of sp³-hybridized carbons (Fsp3) is 0.474. The number of amides is 1. The van der Waals surface area contributed by atoms with E-state index < -0.39 is 0 Å². The SMILES string of the molecule is CO[C@@H]1CCN(CC(=O)Nc2ccn(C)n2)C[C@H]1Cc1ccccc1. The second-order valence-electron chi connectivity index (χ2n) is 6.67. The molecule has 1 aliphatic heterocycles. The molecule has 25 heavy (non-hydrogen) atoms. The van der Waals surface area contributed by atoms with E-state index in [1.54, 1.807) is 17.9 Å². The van der Waals surface area contributed by atoms with Gasteiger partial charge in [0.15, 0.2) is 5.82 Å². The highest BCUT2D eigenvalue weighted by molar-refractivity contribution is 5.91. The van der Waals surface area contributed by atoms with Crippen LogP contribution in [0, 0.1) is 5.92 Å². The van der Waals surface area contributed by atoms with Gasteiger partial charge in [0.05, 0.1) is 12.6 Å². The molecule has 0 unspecified atom stereocenters. The van der Waals surface area contributed by atoms with Crippen LogP contribution in [0.4, 0.5) is 5.82 Å². The van der Waals surface area contributed by atoms with Crippen molar-refractivity contribution < 1.29 is 9.53 Å². The summed E-state index contributed by atoms with van der Waals surface area (Å²) in [6, 6.07) is 12.3. The average Bonchev–Trinajstić information content (AvgIpc) is 3.01. The summed E-state index contributed by atoms with van der Waals surface area (Å²) < 4.78 is 7.36. The molecule has 1 N–H and O–H groups in total. The summed E-state index contributed by atoms with van der Waals surface area (Å²) in [5, 5.41) is 7.04. The van der Waals surface area contributed by atoms with Gasteiger partial charge in [0.1, 0.15) is 0 Å². The first kappa shape index (κ1) is 17.6. The molecule has 134 valence electrons. The van der Waals surface area contributed by atoms with E-state index >= 15 is 0 Å². The number of likely N-dealkylation sites (tertiary alicyclic amines) is 1. The first-order valence-electron chi connectivity index (χ1n) is 8.72. The lowest BCUT2D eigenvalue weighted by molar-refractivity contribution is -0.118. The van der Waals surface area contributed by atoms with Crippen molar-refractivity contribution in [3.05, 3.63) is 48.2 Å². The molecule has 2 aromatic rings. The predicted octanol–water partition coefficient (Wildman–Crippen LogP) is 1.94. The maximum absolute atomic E-state index is 12.3. The molecule has 0 radical (unpaired) electrons. The highest BCUT2D eigenvalue weighted by Gasteiger charge is 2.30. The second-order valence-corrected chi connectivity index (χ2v) is 6.67. The Morgan fingerprint density at radius 2 is 2.12 bits per heavy atom. The zero-order valence-corrected chi connectivity index (χ0v) is 14.9. The van der Waals surface area contributed by atoms with E-state index in [0.29, 0.717) is 18.3 Å². The third-order valence-electron chi connectivity index (χ3n) is 4.74. The van der Waals surface area contributed by atoms with Gasteiger partial charge in [-0.1, -0.05) is 30.3 Å². The Morgan fingerprint density at radius 1 is 1.32 bits per heavy atom. The van der Waals surface area contributed by atoms with Crippen molar-refractivity contribution in [3.8, 4) is 0 Å². The molecule has 0 spiro atoms. The highest BCUT2D eigenvalue weighted by atomic mass is 16.5. The van der Waals surface area contributed by atoms with Crippen molar-refractivity contribution in [1.29, 1.82) is 0 Å². The van der Waals surface area contributed by atoms with Gasteiger partial charge in [-0.05, 0) is 18.4 Å². The lowest BCUT2D eigenvalue weighted by Gasteiger charge is -2.37. The van der Waals surface area contributed by atoms with Crippen molar-refractivity contribution >= 4 is 11.7 Å². The number of carbonyl (C=O) groups excluding carboxylic acids is 1. The maximum atomic E-state index is 12.3. The summed E-state index contributed by atoms with van der Waals surface area (Å²) >= 11 is 0. The van der Waals surface area contributed by atoms with Gasteiger partial charge in [0, 0.05) is 45.4 Å². The normalized spacial score (nSPS) is 21.2. The Bertz CT molecular complexity index is 686. The van der Waals surface area contributed by atoms with Gasteiger partial charge >= 0.3 is 0 Å². The topological polar surface area (TPSA) is 59.4 Å². The van der Waals surface area contributed by atoms with Gasteiger partial charge < -0.3 is 10.1 Å². The van der Waals surface area contributed by atoms with E-state index in [9.17, 15) is 4.79 Å². The van der Waals surface area contributed by atoms with E-state index in [2.05, 4.69) is 39.6 Å². The molecule has 0 saturated carbocycles. The van der Waals surface area contributed by atoms with Crippen LogP contribution in [-0.4, -0.2) is 53.4 Å². The van der Waals surface area contributed by atoms with Gasteiger partial charge in [-0.2, -0.15) is 5.10 Å². The molecule has 1 aromatic carbocycles. The minimum atomic E-state index is -0.0203. The fourth-order valence-corrected chi connectivity index (χ4v) is 3.52. The molecule has 6 nitrogen and oxygen atoms in total. The molecule has 1 fully saturated rings. The van der Waals surface area contributed by atoms with Crippen molar-refractivity contribution in [1.82, 2.24) is 14.7 Å². The number of ether oxygens (including phenoxy) is 1. The van der Waals surface area contributed by atoms with E-state index in [-0.39, 0.29) is 12.0 Å². The zero-order chi connectivity index (χ0) is 17.6. The lowest BCUT2D eigenvalue weighted by Crippen LogP contribution is -2.47. The molecule has 1 aromatic heterocycles. The summed E-state index contributed by atoms with van der Waals surface area (Å²) in [7, 11) is 3.62. The van der Waals surface area contributed by atoms with Crippen molar-refractivity contribution in [2.45, 2.75) is 18.9 Å². The van der Waals surface area contributed by atoms with E-state index in [1.165, 1.54) is 5.56 Å². The third kappa shape index (κ3) is 4.90. The second kappa shape index (κ2) is 8.27. The van der Waals surface area contributed by atoms with Crippen LogP contribution in [0.5, 0.6) is 0 Å². The first-order chi connectivity index (χ1) is 12.1. The third-order valence-corrected chi connectivity index (χ3v) is 4.74. The predicted molar refractivity (Wildman–Crippen MR) is 97.3 cm³/mol. The van der Waals surface area contributed by atoms with Crippen molar-refractivity contribution in [2.24, 2.45) is 13.0 Å². The summed E-state index contributed by atoms with van der Waals surface area (Å²) in [5.74, 6) is 0.969. The number of benzene rings is 1. The van der Waals surface area contributed by atoms with Crippen LogP contribution in [0.15, 0.2) is 42.6 Å². The van der Waals surface area contributed by atoms with Gasteiger partial charge in [-0.15, -0.1) is 0 Å². The van der Waals surface area contributed by atoms with Crippen LogP contribution in [0.25, 0.3) is 0 Å². The van der Waals surface area contributed by atoms with E-state index in [0.717, 1.165) is 25.9 Å². The Hall–Kier alpha value is -2.18. The average molecular weight is 342 g/mol. The maximum Gasteiger partial charge on any atom is 0.239 e. The number of piperidine rings is 1. The number of anilines is 1. The molecule has 3 rings (SSSR count). The van der Waals surface area contributed by atoms with E-state index in [1.807, 2.05) is 19.3 Å². The molecule has 2 atom stereocenters. The first-order valence-corrected chi connectivity index (χ1v) is 8.72. The fourth-order valence-electron chi connectivity index (χ4n) is 3.52. The van der Waals surface area contributed by atoms with E-state index in [4.69, 9.17) is 4.74 Å². The molecule has 2 heterocycles. The number of aryl methyl sites for hydroxylation is 1. The van der Waals surface area contributed by atoms with Crippen molar-refractivity contribution in [3.63, 3.8) is 0 Å². The number of carbonyl (C=O) groups is 1. The van der Waals surface area contributed by atoms with Gasteiger partial charge in [-0.3, -0.25) is 14.4 Å². The number of rotatable bonds is 6. The Labute approximate surface area is 148 Å².